The minimum Gasteiger partial charge on any atom is -0.491 e. The first-order valence-corrected chi connectivity index (χ1v) is 6.42. The molecule has 2 atom stereocenters. The number of carbonyl (C=O) groups is 1. The van der Waals surface area contributed by atoms with E-state index in [9.17, 15) is 4.79 Å². The van der Waals surface area contributed by atoms with Gasteiger partial charge < -0.3 is 20.9 Å². The normalized spacial score (nSPS) is 13.6. The summed E-state index contributed by atoms with van der Waals surface area (Å²) in [5, 5.41) is 11.8. The number of amides is 1. The van der Waals surface area contributed by atoms with Crippen molar-refractivity contribution in [2.45, 2.75) is 26.3 Å². The molecule has 0 saturated carbocycles. The lowest BCUT2D eigenvalue weighted by molar-refractivity contribution is -0.122. The summed E-state index contributed by atoms with van der Waals surface area (Å²) in [4.78, 5) is 11.6. The van der Waals surface area contributed by atoms with Crippen molar-refractivity contribution in [3.05, 3.63) is 24.3 Å². The van der Waals surface area contributed by atoms with Crippen LogP contribution in [-0.2, 0) is 4.79 Å². The summed E-state index contributed by atoms with van der Waals surface area (Å²) in [6.45, 7) is 4.08. The van der Waals surface area contributed by atoms with Crippen LogP contribution in [0.15, 0.2) is 24.3 Å². The van der Waals surface area contributed by atoms with Crippen molar-refractivity contribution in [2.24, 2.45) is 5.92 Å². The maximum Gasteiger partial charge on any atom is 0.223 e. The van der Waals surface area contributed by atoms with Crippen molar-refractivity contribution >= 4 is 11.6 Å². The molecule has 106 valence electrons. The molecule has 1 amide bonds. The number of benzene rings is 1. The highest BCUT2D eigenvalue weighted by Crippen LogP contribution is 2.19. The fraction of sp³-hybridized carbons (Fsp3) is 0.500. The summed E-state index contributed by atoms with van der Waals surface area (Å²) in [7, 11) is 0. The van der Waals surface area contributed by atoms with Crippen LogP contribution >= 0.6 is 0 Å². The van der Waals surface area contributed by atoms with E-state index in [1.54, 1.807) is 12.1 Å². The van der Waals surface area contributed by atoms with E-state index in [2.05, 4.69) is 5.32 Å². The van der Waals surface area contributed by atoms with Crippen molar-refractivity contribution in [3.63, 3.8) is 0 Å². The van der Waals surface area contributed by atoms with Crippen LogP contribution in [0.3, 0.4) is 0 Å². The molecule has 0 aliphatic carbocycles. The van der Waals surface area contributed by atoms with Crippen molar-refractivity contribution in [3.8, 4) is 5.75 Å². The lowest BCUT2D eigenvalue weighted by Gasteiger charge is -2.19. The van der Waals surface area contributed by atoms with Gasteiger partial charge in [-0.25, -0.2) is 0 Å². The van der Waals surface area contributed by atoms with Crippen molar-refractivity contribution in [1.82, 2.24) is 5.32 Å². The van der Waals surface area contributed by atoms with E-state index < -0.39 is 0 Å². The van der Waals surface area contributed by atoms with E-state index in [1.165, 1.54) is 0 Å². The average molecular weight is 266 g/mol. The highest BCUT2D eigenvalue weighted by atomic mass is 16.5. The van der Waals surface area contributed by atoms with Gasteiger partial charge in [-0.2, -0.15) is 0 Å². The van der Waals surface area contributed by atoms with Gasteiger partial charge in [0.05, 0.1) is 18.7 Å². The summed E-state index contributed by atoms with van der Waals surface area (Å²) in [6, 6.07) is 7.12. The molecule has 0 heterocycles. The Bertz CT molecular complexity index is 409. The van der Waals surface area contributed by atoms with Crippen molar-refractivity contribution in [1.29, 1.82) is 0 Å². The number of rotatable bonds is 7. The van der Waals surface area contributed by atoms with Gasteiger partial charge in [-0.3, -0.25) is 4.79 Å². The molecular formula is C14H22N2O3. The zero-order valence-electron chi connectivity index (χ0n) is 11.4. The molecule has 0 bridgehead atoms. The Labute approximate surface area is 113 Å². The van der Waals surface area contributed by atoms with Gasteiger partial charge in [-0.1, -0.05) is 19.1 Å². The molecule has 0 fully saturated rings. The standard InChI is InChI=1S/C14H22N2O3/c1-10(9-17)11(2)16-14(18)7-8-19-13-6-4-3-5-12(13)15/h3-6,10-11,17H,7-9,15H2,1-2H3,(H,16,18). The molecule has 4 N–H and O–H groups in total. The van der Waals surface area contributed by atoms with Crippen LogP contribution < -0.4 is 15.8 Å². The molecule has 0 aliphatic rings. The topological polar surface area (TPSA) is 84.6 Å². The van der Waals surface area contributed by atoms with Crippen LogP contribution in [0.1, 0.15) is 20.3 Å². The Kier molecular flexibility index (Phi) is 6.15. The minimum absolute atomic E-state index is 0.0367. The third-order valence-corrected chi connectivity index (χ3v) is 3.04. The summed E-state index contributed by atoms with van der Waals surface area (Å²) in [6.07, 6.45) is 0.261. The molecule has 1 aromatic rings. The number of nitrogen functional groups attached to an aromatic ring is 1. The molecule has 0 aromatic heterocycles. The summed E-state index contributed by atoms with van der Waals surface area (Å²) in [5.41, 5.74) is 6.28. The molecule has 0 aliphatic heterocycles. The lowest BCUT2D eigenvalue weighted by Crippen LogP contribution is -2.38. The van der Waals surface area contributed by atoms with Crippen LogP contribution in [-0.4, -0.2) is 30.3 Å². The molecule has 5 nitrogen and oxygen atoms in total. The maximum atomic E-state index is 11.6. The summed E-state index contributed by atoms with van der Waals surface area (Å²) < 4.78 is 5.44. The predicted molar refractivity (Wildman–Crippen MR) is 74.8 cm³/mol. The molecule has 1 aromatic carbocycles. The number of hydrogen-bond donors (Lipinski definition) is 3. The number of ether oxygens (including phenoxy) is 1. The third-order valence-electron chi connectivity index (χ3n) is 3.04. The summed E-state index contributed by atoms with van der Waals surface area (Å²) in [5.74, 6) is 0.531. The van der Waals surface area contributed by atoms with Gasteiger partial charge in [0.1, 0.15) is 5.75 Å². The van der Waals surface area contributed by atoms with Gasteiger partial charge in [0.2, 0.25) is 5.91 Å². The third kappa shape index (κ3) is 5.18. The highest BCUT2D eigenvalue weighted by Gasteiger charge is 2.13. The number of nitrogens with two attached hydrogens (primary N) is 1. The Balaban J connectivity index is 2.30. The molecular weight excluding hydrogens is 244 g/mol. The van der Waals surface area contributed by atoms with E-state index in [0.29, 0.717) is 11.4 Å². The molecule has 2 unspecified atom stereocenters. The van der Waals surface area contributed by atoms with Crippen molar-refractivity contribution in [2.75, 3.05) is 18.9 Å². The van der Waals surface area contributed by atoms with Gasteiger partial charge in [0, 0.05) is 12.6 Å². The molecule has 5 heteroatoms. The molecule has 0 spiro atoms. The van der Waals surface area contributed by atoms with Gasteiger partial charge >= 0.3 is 0 Å². The fourth-order valence-electron chi connectivity index (χ4n) is 1.49. The van der Waals surface area contributed by atoms with Crippen LogP contribution in [0.2, 0.25) is 0 Å². The SMILES string of the molecule is CC(CO)C(C)NC(=O)CCOc1ccccc1N. The zero-order valence-corrected chi connectivity index (χ0v) is 11.4. The second-order valence-electron chi connectivity index (χ2n) is 4.65. The Morgan fingerprint density at radius 3 is 2.74 bits per heavy atom. The van der Waals surface area contributed by atoms with E-state index in [4.69, 9.17) is 15.6 Å². The van der Waals surface area contributed by atoms with E-state index in [1.807, 2.05) is 26.0 Å². The first-order chi connectivity index (χ1) is 9.04. The first-order valence-electron chi connectivity index (χ1n) is 6.42. The second-order valence-corrected chi connectivity index (χ2v) is 4.65. The Morgan fingerprint density at radius 1 is 1.42 bits per heavy atom. The molecule has 1 rings (SSSR count). The van der Waals surface area contributed by atoms with Crippen molar-refractivity contribution < 1.29 is 14.6 Å². The fourth-order valence-corrected chi connectivity index (χ4v) is 1.49. The van der Waals surface area contributed by atoms with Gasteiger partial charge in [0.25, 0.3) is 0 Å². The monoisotopic (exact) mass is 266 g/mol. The smallest absolute Gasteiger partial charge is 0.223 e. The lowest BCUT2D eigenvalue weighted by atomic mass is 10.1. The number of nitrogens with one attached hydrogen (secondary N) is 1. The maximum absolute atomic E-state index is 11.6. The quantitative estimate of drug-likeness (QED) is 0.647. The Hall–Kier alpha value is -1.75. The zero-order chi connectivity index (χ0) is 14.3. The number of carbonyl (C=O) groups excluding carboxylic acids is 1. The highest BCUT2D eigenvalue weighted by molar-refractivity contribution is 5.76. The Morgan fingerprint density at radius 2 is 2.11 bits per heavy atom. The number of anilines is 1. The van der Waals surface area contributed by atoms with Crippen LogP contribution in [0, 0.1) is 5.92 Å². The molecule has 0 saturated heterocycles. The second kappa shape index (κ2) is 7.63. The van der Waals surface area contributed by atoms with E-state index in [-0.39, 0.29) is 37.5 Å². The molecule has 19 heavy (non-hydrogen) atoms. The van der Waals surface area contributed by atoms with Crippen LogP contribution in [0.25, 0.3) is 0 Å². The van der Waals surface area contributed by atoms with Gasteiger partial charge in [0.15, 0.2) is 0 Å². The first kappa shape index (κ1) is 15.3. The largest absolute Gasteiger partial charge is 0.491 e. The van der Waals surface area contributed by atoms with Crippen LogP contribution in [0.4, 0.5) is 5.69 Å². The molecule has 0 radical (unpaired) electrons. The van der Waals surface area contributed by atoms with Gasteiger partial charge in [-0.05, 0) is 25.0 Å². The summed E-state index contributed by atoms with van der Waals surface area (Å²) >= 11 is 0. The van der Waals surface area contributed by atoms with Gasteiger partial charge in [-0.15, -0.1) is 0 Å². The average Bonchev–Trinajstić information content (AvgIpc) is 2.40. The number of aliphatic hydroxyl groups excluding tert-OH is 1. The predicted octanol–water partition coefficient (Wildman–Crippen LogP) is 1.17. The van der Waals surface area contributed by atoms with E-state index >= 15 is 0 Å². The number of para-hydroxylation sites is 2. The van der Waals surface area contributed by atoms with Crippen LogP contribution in [0.5, 0.6) is 5.75 Å². The number of hydrogen-bond acceptors (Lipinski definition) is 4. The number of aliphatic hydroxyl groups is 1. The van der Waals surface area contributed by atoms with E-state index in [0.717, 1.165) is 0 Å². The minimum atomic E-state index is -0.0951.